The average Bonchev–Trinajstić information content (AvgIpc) is 3.05. The van der Waals surface area contributed by atoms with Gasteiger partial charge in [-0.25, -0.2) is 5.43 Å². The van der Waals surface area contributed by atoms with E-state index in [1.165, 1.54) is 5.01 Å². The molecule has 3 aromatic rings. The summed E-state index contributed by atoms with van der Waals surface area (Å²) in [7, 11) is 0. The maximum Gasteiger partial charge on any atom is 0.259 e. The zero-order valence-corrected chi connectivity index (χ0v) is 27.2. The predicted molar refractivity (Wildman–Crippen MR) is 178 cm³/mol. The van der Waals surface area contributed by atoms with E-state index in [-0.39, 0.29) is 36.1 Å². The summed E-state index contributed by atoms with van der Waals surface area (Å²) in [5, 5.41) is 11.3. The van der Waals surface area contributed by atoms with Crippen LogP contribution in [-0.2, 0) is 25.6 Å². The van der Waals surface area contributed by atoms with Crippen LogP contribution in [0.1, 0.15) is 70.3 Å². The fourth-order valence-electron chi connectivity index (χ4n) is 5.76. The van der Waals surface area contributed by atoms with E-state index < -0.39 is 29.4 Å². The Morgan fingerprint density at radius 1 is 0.935 bits per heavy atom. The minimum atomic E-state index is -0.943. The van der Waals surface area contributed by atoms with Gasteiger partial charge in [0.1, 0.15) is 18.1 Å². The van der Waals surface area contributed by atoms with Gasteiger partial charge >= 0.3 is 0 Å². The largest absolute Gasteiger partial charge is 0.347 e. The Kier molecular flexibility index (Phi) is 9.86. The van der Waals surface area contributed by atoms with Crippen LogP contribution in [0.5, 0.6) is 0 Å². The van der Waals surface area contributed by atoms with E-state index in [4.69, 9.17) is 4.98 Å². The minimum Gasteiger partial charge on any atom is -0.347 e. The summed E-state index contributed by atoms with van der Waals surface area (Å²) >= 11 is 0. The molecule has 5 rings (SSSR count). The summed E-state index contributed by atoms with van der Waals surface area (Å²) in [6.07, 6.45) is 5.10. The third-order valence-corrected chi connectivity index (χ3v) is 8.72. The number of rotatable bonds is 3. The molecule has 4 amide bonds. The van der Waals surface area contributed by atoms with E-state index >= 15 is 0 Å². The molecule has 0 radical (unpaired) electrons. The SMILES string of the molecule is CC(C)C1NC(=O)C(C)(C)/C=C/c2ccc3ccc(nc3c2)[C@@H](C)NC(=O)[C@@H]2CCCN(N2)C(=O)[C@H](Cc2ccccc2)NC1=O. The Bertz CT molecular complexity index is 1640. The highest BCUT2D eigenvalue weighted by Gasteiger charge is 2.36. The highest BCUT2D eigenvalue weighted by Crippen LogP contribution is 2.24. The molecule has 4 atom stereocenters. The van der Waals surface area contributed by atoms with Gasteiger partial charge in [0.25, 0.3) is 5.91 Å². The first-order valence-corrected chi connectivity index (χ1v) is 16.0. The number of nitrogens with one attached hydrogen (secondary N) is 4. The second kappa shape index (κ2) is 13.8. The monoisotopic (exact) mass is 624 g/mol. The molecule has 10 heteroatoms. The first kappa shape index (κ1) is 32.8. The van der Waals surface area contributed by atoms with Crippen molar-refractivity contribution in [3.8, 4) is 0 Å². The van der Waals surface area contributed by atoms with E-state index in [2.05, 4.69) is 21.4 Å². The number of benzene rings is 2. The van der Waals surface area contributed by atoms with Crippen LogP contribution < -0.4 is 21.4 Å². The summed E-state index contributed by atoms with van der Waals surface area (Å²) in [6.45, 7) is 9.58. The lowest BCUT2D eigenvalue weighted by molar-refractivity contribution is -0.144. The summed E-state index contributed by atoms with van der Waals surface area (Å²) in [4.78, 5) is 59.7. The lowest BCUT2D eigenvalue weighted by Gasteiger charge is -2.36. The van der Waals surface area contributed by atoms with Gasteiger partial charge < -0.3 is 16.0 Å². The second-order valence-corrected chi connectivity index (χ2v) is 13.2. The maximum absolute atomic E-state index is 14.0. The molecule has 1 saturated heterocycles. The molecular formula is C36H44N6O4. The molecule has 1 aromatic heterocycles. The topological polar surface area (TPSA) is 133 Å². The van der Waals surface area contributed by atoms with Crippen LogP contribution in [0.15, 0.2) is 66.7 Å². The van der Waals surface area contributed by atoms with E-state index in [0.29, 0.717) is 25.1 Å². The summed E-state index contributed by atoms with van der Waals surface area (Å²) in [5.74, 6) is -1.59. The standard InChI is InChI=1S/C36H44N6O4/c1-22(2)31-33(44)39-30(21-24-10-7-6-8-11-24)34(45)42-19-9-12-28(41-42)32(43)37-23(3)27-16-15-26-14-13-25(20-29(26)38-27)17-18-36(4,5)35(46)40-31/h6-8,10-11,13-18,20,22-23,28,30-31,41H,9,12,19,21H2,1-5H3,(H,37,43)(H,39,44)(H,40,46)/b18-17+/t23-,28+,30+,31?/m1/s1. The molecule has 4 N–H and O–H groups in total. The van der Waals surface area contributed by atoms with Crippen molar-refractivity contribution in [3.05, 3.63) is 83.6 Å². The third kappa shape index (κ3) is 7.62. The Balaban J connectivity index is 1.52. The van der Waals surface area contributed by atoms with E-state index in [9.17, 15) is 19.2 Å². The van der Waals surface area contributed by atoms with Gasteiger partial charge in [0.15, 0.2) is 0 Å². The number of amides is 4. The fraction of sp³-hybridized carbons (Fsp3) is 0.417. The van der Waals surface area contributed by atoms with Gasteiger partial charge in [0.2, 0.25) is 17.7 Å². The first-order chi connectivity index (χ1) is 21.9. The van der Waals surface area contributed by atoms with Crippen molar-refractivity contribution in [3.63, 3.8) is 0 Å². The lowest BCUT2D eigenvalue weighted by Crippen LogP contribution is -2.63. The molecule has 1 fully saturated rings. The molecule has 0 spiro atoms. The van der Waals surface area contributed by atoms with Crippen LogP contribution in [0.2, 0.25) is 0 Å². The zero-order chi connectivity index (χ0) is 33.0. The van der Waals surface area contributed by atoms with Gasteiger partial charge in [0.05, 0.1) is 22.7 Å². The lowest BCUT2D eigenvalue weighted by atomic mass is 9.89. The Labute approximate surface area is 270 Å². The number of hydrogen-bond acceptors (Lipinski definition) is 6. The number of hydrazine groups is 1. The summed E-state index contributed by atoms with van der Waals surface area (Å²) < 4.78 is 0. The molecule has 1 unspecified atom stereocenters. The van der Waals surface area contributed by atoms with Crippen LogP contribution in [0.25, 0.3) is 17.0 Å². The summed E-state index contributed by atoms with van der Waals surface area (Å²) in [6, 6.07) is 16.4. The first-order valence-electron chi connectivity index (χ1n) is 16.0. The number of pyridine rings is 1. The van der Waals surface area contributed by atoms with Crippen molar-refractivity contribution >= 4 is 40.6 Å². The van der Waals surface area contributed by atoms with Crippen molar-refractivity contribution in [2.24, 2.45) is 11.3 Å². The van der Waals surface area contributed by atoms with Crippen molar-refractivity contribution in [2.75, 3.05) is 6.54 Å². The number of nitrogens with zero attached hydrogens (tertiary/aromatic N) is 2. The molecule has 0 saturated carbocycles. The Hall–Kier alpha value is -4.57. The molecule has 2 aliphatic rings. The quantitative estimate of drug-likeness (QED) is 0.350. The molecule has 0 aliphatic carbocycles. The molecular weight excluding hydrogens is 580 g/mol. The van der Waals surface area contributed by atoms with Gasteiger partial charge in [-0.3, -0.25) is 29.2 Å². The molecule has 2 aliphatic heterocycles. The average molecular weight is 625 g/mol. The molecule has 2 aromatic carbocycles. The number of aromatic nitrogens is 1. The van der Waals surface area contributed by atoms with Crippen LogP contribution in [0.3, 0.4) is 0 Å². The van der Waals surface area contributed by atoms with Crippen LogP contribution in [0.4, 0.5) is 0 Å². The zero-order valence-electron chi connectivity index (χ0n) is 27.2. The van der Waals surface area contributed by atoms with Crippen molar-refractivity contribution in [1.82, 2.24) is 31.4 Å². The van der Waals surface area contributed by atoms with Crippen molar-refractivity contribution in [1.29, 1.82) is 0 Å². The van der Waals surface area contributed by atoms with E-state index in [0.717, 1.165) is 22.0 Å². The molecule has 242 valence electrons. The normalized spacial score (nSPS) is 25.1. The van der Waals surface area contributed by atoms with E-state index in [1.54, 1.807) is 13.8 Å². The number of carbonyl (C=O) groups excluding carboxylic acids is 4. The van der Waals surface area contributed by atoms with Crippen molar-refractivity contribution in [2.45, 2.75) is 78.0 Å². The van der Waals surface area contributed by atoms with Gasteiger partial charge in [-0.15, -0.1) is 0 Å². The van der Waals surface area contributed by atoms with Crippen LogP contribution in [-0.4, -0.2) is 58.3 Å². The van der Waals surface area contributed by atoms with Crippen LogP contribution in [0, 0.1) is 11.3 Å². The third-order valence-electron chi connectivity index (χ3n) is 8.72. The molecule has 10 nitrogen and oxygen atoms in total. The number of fused-ring (bicyclic) bond motifs is 4. The highest BCUT2D eigenvalue weighted by atomic mass is 16.2. The highest BCUT2D eigenvalue weighted by molar-refractivity contribution is 5.94. The fourth-order valence-corrected chi connectivity index (χ4v) is 5.76. The van der Waals surface area contributed by atoms with Crippen molar-refractivity contribution < 1.29 is 19.2 Å². The number of carbonyl (C=O) groups is 4. The predicted octanol–water partition coefficient (Wildman–Crippen LogP) is 3.83. The smallest absolute Gasteiger partial charge is 0.259 e. The molecule has 3 heterocycles. The summed E-state index contributed by atoms with van der Waals surface area (Å²) in [5.41, 5.74) is 5.39. The number of hydrogen-bond donors (Lipinski definition) is 4. The Morgan fingerprint density at radius 3 is 2.41 bits per heavy atom. The van der Waals surface area contributed by atoms with Gasteiger partial charge in [-0.1, -0.05) is 74.5 Å². The van der Waals surface area contributed by atoms with Crippen LogP contribution >= 0.6 is 0 Å². The Morgan fingerprint density at radius 2 is 1.67 bits per heavy atom. The maximum atomic E-state index is 14.0. The van der Waals surface area contributed by atoms with Gasteiger partial charge in [-0.2, -0.15) is 0 Å². The van der Waals surface area contributed by atoms with Gasteiger partial charge in [-0.05, 0) is 62.8 Å². The molecule has 5 bridgehead atoms. The van der Waals surface area contributed by atoms with E-state index in [1.807, 2.05) is 93.6 Å². The minimum absolute atomic E-state index is 0.233. The molecule has 46 heavy (non-hydrogen) atoms. The second-order valence-electron chi connectivity index (χ2n) is 13.2. The van der Waals surface area contributed by atoms with Gasteiger partial charge in [0, 0.05) is 18.4 Å².